The normalized spacial score (nSPS) is 16.9. The molecule has 0 aliphatic rings. The van der Waals surface area contributed by atoms with Crippen molar-refractivity contribution in [3.05, 3.63) is 0 Å². The fourth-order valence-electron chi connectivity index (χ4n) is 0.923. The van der Waals surface area contributed by atoms with E-state index in [-0.39, 0.29) is 6.10 Å². The van der Waals surface area contributed by atoms with E-state index in [0.29, 0.717) is 6.04 Å². The lowest BCUT2D eigenvalue weighted by molar-refractivity contribution is 0.151. The summed E-state index contributed by atoms with van der Waals surface area (Å²) in [6, 6.07) is 0.633. The highest BCUT2D eigenvalue weighted by atomic mass is 16.3. The first kappa shape index (κ1) is 10.9. The number of aliphatic hydroxyl groups excluding tert-OH is 1. The highest BCUT2D eigenvalue weighted by Crippen LogP contribution is 2.01. The Hall–Kier alpha value is -0.0800. The van der Waals surface area contributed by atoms with E-state index in [2.05, 4.69) is 25.8 Å². The van der Waals surface area contributed by atoms with E-state index in [1.807, 2.05) is 6.92 Å². The van der Waals surface area contributed by atoms with Crippen molar-refractivity contribution in [2.45, 2.75) is 45.8 Å². The Morgan fingerprint density at radius 2 is 1.91 bits per heavy atom. The molecule has 2 heteroatoms. The molecular formula is C9H21NO. The Balaban J connectivity index is 3.43. The van der Waals surface area contributed by atoms with Gasteiger partial charge in [0.25, 0.3) is 0 Å². The number of nitrogens with zero attached hydrogens (tertiary/aromatic N) is 1. The lowest BCUT2D eigenvalue weighted by Crippen LogP contribution is -2.30. The molecule has 2 atom stereocenters. The van der Waals surface area contributed by atoms with Crippen LogP contribution in [-0.2, 0) is 0 Å². The van der Waals surface area contributed by atoms with E-state index in [9.17, 15) is 0 Å². The predicted molar refractivity (Wildman–Crippen MR) is 48.7 cm³/mol. The minimum absolute atomic E-state index is 0.165. The summed E-state index contributed by atoms with van der Waals surface area (Å²) in [5.41, 5.74) is 0. The zero-order valence-electron chi connectivity index (χ0n) is 8.17. The van der Waals surface area contributed by atoms with Crippen LogP contribution in [-0.4, -0.2) is 35.7 Å². The van der Waals surface area contributed by atoms with Crippen molar-refractivity contribution < 1.29 is 5.11 Å². The summed E-state index contributed by atoms with van der Waals surface area (Å²) >= 11 is 0. The first-order chi connectivity index (χ1) is 5.07. The topological polar surface area (TPSA) is 23.5 Å². The van der Waals surface area contributed by atoms with Crippen LogP contribution in [0.25, 0.3) is 0 Å². The molecule has 0 aromatic heterocycles. The molecule has 0 fully saturated rings. The SMILES string of the molecule is CCC(C)N(C)CCC(C)O. The number of hydrogen-bond acceptors (Lipinski definition) is 2. The summed E-state index contributed by atoms with van der Waals surface area (Å²) in [4.78, 5) is 2.28. The summed E-state index contributed by atoms with van der Waals surface area (Å²) in [5.74, 6) is 0. The lowest BCUT2D eigenvalue weighted by Gasteiger charge is -2.23. The van der Waals surface area contributed by atoms with Crippen molar-refractivity contribution in [3.8, 4) is 0 Å². The Kier molecular flexibility index (Phi) is 5.51. The van der Waals surface area contributed by atoms with Crippen molar-refractivity contribution in [1.82, 2.24) is 4.90 Å². The summed E-state index contributed by atoms with van der Waals surface area (Å²) in [6.07, 6.45) is 1.89. The van der Waals surface area contributed by atoms with Gasteiger partial charge in [-0.25, -0.2) is 0 Å². The van der Waals surface area contributed by atoms with E-state index < -0.39 is 0 Å². The first-order valence-electron chi connectivity index (χ1n) is 4.46. The Morgan fingerprint density at radius 3 is 2.27 bits per heavy atom. The molecule has 68 valence electrons. The average molecular weight is 159 g/mol. The van der Waals surface area contributed by atoms with Crippen LogP contribution in [0.15, 0.2) is 0 Å². The van der Waals surface area contributed by atoms with E-state index >= 15 is 0 Å². The van der Waals surface area contributed by atoms with Crippen molar-refractivity contribution in [1.29, 1.82) is 0 Å². The van der Waals surface area contributed by atoms with Gasteiger partial charge in [0.15, 0.2) is 0 Å². The molecule has 0 aromatic carbocycles. The van der Waals surface area contributed by atoms with Crippen molar-refractivity contribution in [2.24, 2.45) is 0 Å². The maximum atomic E-state index is 9.03. The standard InChI is InChI=1S/C9H21NO/c1-5-8(2)10(4)7-6-9(3)11/h8-9,11H,5-7H2,1-4H3. The Bertz CT molecular complexity index is 93.6. The van der Waals surface area contributed by atoms with Crippen molar-refractivity contribution in [2.75, 3.05) is 13.6 Å². The second kappa shape index (κ2) is 5.56. The third-order valence-corrected chi connectivity index (χ3v) is 2.24. The van der Waals surface area contributed by atoms with Gasteiger partial charge < -0.3 is 10.0 Å². The summed E-state index contributed by atoms with van der Waals surface area (Å²) in [5, 5.41) is 9.03. The Morgan fingerprint density at radius 1 is 1.36 bits per heavy atom. The molecule has 0 rings (SSSR count). The smallest absolute Gasteiger partial charge is 0.0524 e. The minimum Gasteiger partial charge on any atom is -0.393 e. The van der Waals surface area contributed by atoms with Crippen LogP contribution in [0.4, 0.5) is 0 Å². The third kappa shape index (κ3) is 5.22. The highest BCUT2D eigenvalue weighted by molar-refractivity contribution is 4.61. The molecule has 2 unspecified atom stereocenters. The quantitative estimate of drug-likeness (QED) is 0.657. The van der Waals surface area contributed by atoms with Gasteiger partial charge in [0, 0.05) is 12.6 Å². The van der Waals surface area contributed by atoms with Crippen molar-refractivity contribution in [3.63, 3.8) is 0 Å². The zero-order chi connectivity index (χ0) is 8.85. The molecule has 11 heavy (non-hydrogen) atoms. The molecule has 0 aromatic rings. The van der Waals surface area contributed by atoms with Crippen LogP contribution in [0, 0.1) is 0 Å². The van der Waals surface area contributed by atoms with Gasteiger partial charge in [-0.2, -0.15) is 0 Å². The average Bonchev–Trinajstić information content (AvgIpc) is 1.98. The van der Waals surface area contributed by atoms with Gasteiger partial charge in [0.2, 0.25) is 0 Å². The molecule has 0 aliphatic carbocycles. The van der Waals surface area contributed by atoms with Gasteiger partial charge in [-0.1, -0.05) is 6.92 Å². The molecule has 0 heterocycles. The molecule has 0 bridgehead atoms. The molecule has 0 aliphatic heterocycles. The second-order valence-electron chi connectivity index (χ2n) is 3.38. The van der Waals surface area contributed by atoms with Gasteiger partial charge >= 0.3 is 0 Å². The lowest BCUT2D eigenvalue weighted by atomic mass is 10.2. The van der Waals surface area contributed by atoms with E-state index in [1.54, 1.807) is 0 Å². The van der Waals surface area contributed by atoms with Gasteiger partial charge in [-0.3, -0.25) is 0 Å². The number of aliphatic hydroxyl groups is 1. The zero-order valence-corrected chi connectivity index (χ0v) is 8.17. The molecule has 0 saturated heterocycles. The molecule has 0 saturated carbocycles. The molecule has 0 radical (unpaired) electrons. The molecule has 1 N–H and O–H groups in total. The van der Waals surface area contributed by atoms with E-state index in [0.717, 1.165) is 13.0 Å². The van der Waals surface area contributed by atoms with E-state index in [4.69, 9.17) is 5.11 Å². The van der Waals surface area contributed by atoms with Gasteiger partial charge in [0.05, 0.1) is 6.10 Å². The first-order valence-corrected chi connectivity index (χ1v) is 4.46. The van der Waals surface area contributed by atoms with Gasteiger partial charge in [0.1, 0.15) is 0 Å². The van der Waals surface area contributed by atoms with Crippen LogP contribution in [0.5, 0.6) is 0 Å². The highest BCUT2D eigenvalue weighted by Gasteiger charge is 2.06. The maximum Gasteiger partial charge on any atom is 0.0524 e. The van der Waals surface area contributed by atoms with Crippen LogP contribution in [0.3, 0.4) is 0 Å². The molecule has 2 nitrogen and oxygen atoms in total. The van der Waals surface area contributed by atoms with Gasteiger partial charge in [-0.15, -0.1) is 0 Å². The van der Waals surface area contributed by atoms with Gasteiger partial charge in [-0.05, 0) is 33.7 Å². The maximum absolute atomic E-state index is 9.03. The third-order valence-electron chi connectivity index (χ3n) is 2.24. The number of hydrogen-bond donors (Lipinski definition) is 1. The minimum atomic E-state index is -0.165. The summed E-state index contributed by atoms with van der Waals surface area (Å²) in [7, 11) is 2.11. The summed E-state index contributed by atoms with van der Waals surface area (Å²) in [6.45, 7) is 7.22. The van der Waals surface area contributed by atoms with Crippen molar-refractivity contribution >= 4 is 0 Å². The van der Waals surface area contributed by atoms with Crippen LogP contribution in [0.1, 0.15) is 33.6 Å². The summed E-state index contributed by atoms with van der Waals surface area (Å²) < 4.78 is 0. The molecular weight excluding hydrogens is 138 g/mol. The monoisotopic (exact) mass is 159 g/mol. The van der Waals surface area contributed by atoms with E-state index in [1.165, 1.54) is 6.42 Å². The number of rotatable bonds is 5. The largest absolute Gasteiger partial charge is 0.393 e. The van der Waals surface area contributed by atoms with Crippen LogP contribution >= 0.6 is 0 Å². The van der Waals surface area contributed by atoms with Crippen LogP contribution < -0.4 is 0 Å². The Labute approximate surface area is 70.2 Å². The molecule has 0 amide bonds. The second-order valence-corrected chi connectivity index (χ2v) is 3.38. The predicted octanol–water partition coefficient (Wildman–Crippen LogP) is 1.49. The fraction of sp³-hybridized carbons (Fsp3) is 1.00. The van der Waals surface area contributed by atoms with Crippen LogP contribution in [0.2, 0.25) is 0 Å². The molecule has 0 spiro atoms. The fourth-order valence-corrected chi connectivity index (χ4v) is 0.923.